The summed E-state index contributed by atoms with van der Waals surface area (Å²) in [6.45, 7) is 1.20. The number of phenols is 1. The molecule has 0 saturated heterocycles. The number of aromatic hydroxyl groups is 1. The molecule has 2 aromatic carbocycles. The van der Waals surface area contributed by atoms with Crippen LogP contribution in [-0.4, -0.2) is 37.5 Å². The van der Waals surface area contributed by atoms with E-state index in [9.17, 15) is 10.2 Å². The Hall–Kier alpha value is -2.24. The average Bonchev–Trinajstić information content (AvgIpc) is 2.58. The minimum Gasteiger partial charge on any atom is -0.508 e. The summed E-state index contributed by atoms with van der Waals surface area (Å²) in [7, 11) is 3.23. The molecule has 0 saturated carbocycles. The highest BCUT2D eigenvalue weighted by Gasteiger charge is 2.07. The van der Waals surface area contributed by atoms with Gasteiger partial charge < -0.3 is 25.0 Å². The predicted octanol–water partition coefficient (Wildman–Crippen LogP) is 2.28. The Morgan fingerprint density at radius 2 is 1.70 bits per heavy atom. The second kappa shape index (κ2) is 8.41. The number of hydrogen-bond acceptors (Lipinski definition) is 5. The predicted molar refractivity (Wildman–Crippen MR) is 89.2 cm³/mol. The minimum atomic E-state index is -0.596. The summed E-state index contributed by atoms with van der Waals surface area (Å²) in [6, 6.07) is 12.4. The van der Waals surface area contributed by atoms with Crippen molar-refractivity contribution in [2.75, 3.05) is 27.3 Å². The Morgan fingerprint density at radius 3 is 2.35 bits per heavy atom. The van der Waals surface area contributed by atoms with Crippen LogP contribution < -0.4 is 14.8 Å². The van der Waals surface area contributed by atoms with E-state index in [2.05, 4.69) is 5.32 Å². The number of methoxy groups -OCH3 is 2. The van der Waals surface area contributed by atoms with Crippen molar-refractivity contribution in [3.05, 3.63) is 53.6 Å². The van der Waals surface area contributed by atoms with E-state index < -0.39 is 6.10 Å². The van der Waals surface area contributed by atoms with E-state index in [1.165, 1.54) is 0 Å². The van der Waals surface area contributed by atoms with Crippen molar-refractivity contribution in [2.45, 2.75) is 12.5 Å². The maximum absolute atomic E-state index is 10.1. The molecule has 0 spiro atoms. The van der Waals surface area contributed by atoms with E-state index >= 15 is 0 Å². The first kappa shape index (κ1) is 17.1. The average molecular weight is 317 g/mol. The minimum absolute atomic E-state index is 0.197. The Bertz CT molecular complexity index is 613. The summed E-state index contributed by atoms with van der Waals surface area (Å²) in [5.74, 6) is 1.63. The van der Waals surface area contributed by atoms with Crippen LogP contribution in [0.25, 0.3) is 0 Å². The molecule has 0 aromatic heterocycles. The molecule has 1 atom stereocenters. The lowest BCUT2D eigenvalue weighted by Gasteiger charge is -2.13. The zero-order valence-corrected chi connectivity index (χ0v) is 13.5. The molecule has 0 radical (unpaired) electrons. The van der Waals surface area contributed by atoms with Crippen molar-refractivity contribution in [1.29, 1.82) is 0 Å². The molecule has 0 fully saturated rings. The fourth-order valence-electron chi connectivity index (χ4n) is 2.32. The first-order valence-electron chi connectivity index (χ1n) is 7.52. The van der Waals surface area contributed by atoms with Gasteiger partial charge in [-0.25, -0.2) is 0 Å². The smallest absolute Gasteiger partial charge is 0.160 e. The Balaban J connectivity index is 1.80. The highest BCUT2D eigenvalue weighted by Crippen LogP contribution is 2.27. The van der Waals surface area contributed by atoms with Crippen LogP contribution in [0.3, 0.4) is 0 Å². The van der Waals surface area contributed by atoms with Crippen molar-refractivity contribution in [1.82, 2.24) is 5.32 Å². The number of phenolic OH excluding ortho intramolecular Hbond substituents is 1. The zero-order valence-electron chi connectivity index (χ0n) is 13.5. The number of nitrogens with one attached hydrogen (secondary N) is 1. The molecule has 5 heteroatoms. The molecule has 3 N–H and O–H groups in total. The Kier molecular flexibility index (Phi) is 6.26. The molecule has 0 aliphatic heterocycles. The second-order valence-electron chi connectivity index (χ2n) is 5.25. The van der Waals surface area contributed by atoms with Gasteiger partial charge in [0.1, 0.15) is 5.75 Å². The number of rotatable bonds is 8. The van der Waals surface area contributed by atoms with Gasteiger partial charge in [-0.05, 0) is 48.4 Å². The molecule has 2 rings (SSSR count). The van der Waals surface area contributed by atoms with Crippen molar-refractivity contribution >= 4 is 0 Å². The molecule has 1 unspecified atom stereocenters. The van der Waals surface area contributed by atoms with Gasteiger partial charge >= 0.3 is 0 Å². The maximum Gasteiger partial charge on any atom is 0.160 e. The normalized spacial score (nSPS) is 12.0. The molecule has 2 aromatic rings. The molecule has 0 aliphatic rings. The van der Waals surface area contributed by atoms with Crippen LogP contribution in [0.1, 0.15) is 17.2 Å². The molecular formula is C18H23NO4. The highest BCUT2D eigenvalue weighted by molar-refractivity contribution is 5.42. The number of aliphatic hydroxyl groups excluding tert-OH is 1. The van der Waals surface area contributed by atoms with E-state index in [-0.39, 0.29) is 5.75 Å². The van der Waals surface area contributed by atoms with Crippen molar-refractivity contribution < 1.29 is 19.7 Å². The van der Waals surface area contributed by atoms with Crippen LogP contribution in [0.5, 0.6) is 17.2 Å². The number of hydrogen-bond donors (Lipinski definition) is 3. The van der Waals surface area contributed by atoms with E-state index in [1.54, 1.807) is 38.5 Å². The van der Waals surface area contributed by atoms with Crippen molar-refractivity contribution in [2.24, 2.45) is 0 Å². The summed E-state index contributed by atoms with van der Waals surface area (Å²) >= 11 is 0. The molecule has 0 amide bonds. The number of benzene rings is 2. The summed E-state index contributed by atoms with van der Waals surface area (Å²) in [4.78, 5) is 0. The number of aliphatic hydroxyl groups is 1. The fraction of sp³-hybridized carbons (Fsp3) is 0.333. The quantitative estimate of drug-likeness (QED) is 0.652. The van der Waals surface area contributed by atoms with Gasteiger partial charge in [0.15, 0.2) is 11.5 Å². The van der Waals surface area contributed by atoms with E-state index in [0.717, 1.165) is 24.1 Å². The van der Waals surface area contributed by atoms with Gasteiger partial charge in [-0.3, -0.25) is 0 Å². The van der Waals surface area contributed by atoms with Gasteiger partial charge in [0, 0.05) is 6.54 Å². The molecule has 124 valence electrons. The highest BCUT2D eigenvalue weighted by atomic mass is 16.5. The third-order valence-electron chi connectivity index (χ3n) is 3.65. The van der Waals surface area contributed by atoms with Crippen LogP contribution in [0.2, 0.25) is 0 Å². The molecule has 0 aliphatic carbocycles. The van der Waals surface area contributed by atoms with E-state index in [0.29, 0.717) is 18.0 Å². The fourth-order valence-corrected chi connectivity index (χ4v) is 2.32. The molecule has 5 nitrogen and oxygen atoms in total. The van der Waals surface area contributed by atoms with Crippen LogP contribution in [0, 0.1) is 0 Å². The molecule has 0 bridgehead atoms. The van der Waals surface area contributed by atoms with Gasteiger partial charge in [0.2, 0.25) is 0 Å². The van der Waals surface area contributed by atoms with Crippen LogP contribution in [0.15, 0.2) is 42.5 Å². The summed E-state index contributed by atoms with van der Waals surface area (Å²) in [6.07, 6.45) is 0.226. The van der Waals surface area contributed by atoms with Crippen LogP contribution in [-0.2, 0) is 6.42 Å². The largest absolute Gasteiger partial charge is 0.508 e. The Morgan fingerprint density at radius 1 is 1.00 bits per heavy atom. The van der Waals surface area contributed by atoms with Gasteiger partial charge in [-0.1, -0.05) is 18.2 Å². The lowest BCUT2D eigenvalue weighted by Crippen LogP contribution is -2.23. The lowest BCUT2D eigenvalue weighted by atomic mass is 10.1. The van der Waals surface area contributed by atoms with Crippen molar-refractivity contribution in [3.8, 4) is 17.2 Å². The third-order valence-corrected chi connectivity index (χ3v) is 3.65. The van der Waals surface area contributed by atoms with Crippen LogP contribution >= 0.6 is 0 Å². The zero-order chi connectivity index (χ0) is 16.7. The second-order valence-corrected chi connectivity index (χ2v) is 5.25. The lowest BCUT2D eigenvalue weighted by molar-refractivity contribution is 0.175. The van der Waals surface area contributed by atoms with Crippen LogP contribution in [0.4, 0.5) is 0 Å². The first-order valence-corrected chi connectivity index (χ1v) is 7.52. The summed E-state index contributed by atoms with van der Waals surface area (Å²) in [5, 5.41) is 22.5. The van der Waals surface area contributed by atoms with Crippen molar-refractivity contribution in [3.63, 3.8) is 0 Å². The number of ether oxygens (including phenoxy) is 2. The third kappa shape index (κ3) is 4.87. The van der Waals surface area contributed by atoms with Gasteiger partial charge in [0.05, 0.1) is 20.3 Å². The van der Waals surface area contributed by atoms with E-state index in [1.807, 2.05) is 18.2 Å². The van der Waals surface area contributed by atoms with Gasteiger partial charge in [-0.15, -0.1) is 0 Å². The van der Waals surface area contributed by atoms with Gasteiger partial charge in [-0.2, -0.15) is 0 Å². The SMILES string of the molecule is COc1ccc(CCNCC(O)c2ccc(O)cc2)cc1OC. The Labute approximate surface area is 136 Å². The standard InChI is InChI=1S/C18H23NO4/c1-22-17-8-3-13(11-18(17)23-2)9-10-19-12-16(21)14-4-6-15(20)7-5-14/h3-8,11,16,19-21H,9-10,12H2,1-2H3. The molecule has 0 heterocycles. The summed E-state index contributed by atoms with van der Waals surface area (Å²) < 4.78 is 10.5. The van der Waals surface area contributed by atoms with Gasteiger partial charge in [0.25, 0.3) is 0 Å². The van der Waals surface area contributed by atoms with E-state index in [4.69, 9.17) is 9.47 Å². The first-order chi connectivity index (χ1) is 11.1. The molecule has 23 heavy (non-hydrogen) atoms. The maximum atomic E-state index is 10.1. The molecular weight excluding hydrogens is 294 g/mol. The topological polar surface area (TPSA) is 71.0 Å². The summed E-state index contributed by atoms with van der Waals surface area (Å²) in [5.41, 5.74) is 1.91. The monoisotopic (exact) mass is 317 g/mol.